The van der Waals surface area contributed by atoms with Crippen molar-refractivity contribution in [2.75, 3.05) is 23.4 Å². The zero-order valence-electron chi connectivity index (χ0n) is 13.2. The number of nitrogens with zero attached hydrogens (tertiary/aromatic N) is 4. The number of thioether (sulfide) groups is 1. The summed E-state index contributed by atoms with van der Waals surface area (Å²) in [6.45, 7) is 7.71. The second-order valence-corrected chi connectivity index (χ2v) is 5.56. The Morgan fingerprint density at radius 2 is 1.86 bits per heavy atom. The van der Waals surface area contributed by atoms with Gasteiger partial charge in [0, 0.05) is 37.5 Å². The largest absolute Gasteiger partial charge is 0.370 e. The summed E-state index contributed by atoms with van der Waals surface area (Å²) >= 11 is 1.54. The Morgan fingerprint density at radius 3 is 2.38 bits per heavy atom. The van der Waals surface area contributed by atoms with Gasteiger partial charge in [0.15, 0.2) is 5.16 Å². The molecule has 0 aromatic carbocycles. The Labute approximate surface area is 129 Å². The SMILES string of the molecule is CCNc1cc(NCc2c(C)nn(C)c2C)nc(SC)n1. The van der Waals surface area contributed by atoms with Gasteiger partial charge in [0.25, 0.3) is 0 Å². The van der Waals surface area contributed by atoms with Crippen LogP contribution in [0.1, 0.15) is 23.9 Å². The molecule has 0 spiro atoms. The van der Waals surface area contributed by atoms with E-state index < -0.39 is 0 Å². The molecule has 2 heterocycles. The normalized spacial score (nSPS) is 10.7. The van der Waals surface area contributed by atoms with Crippen molar-refractivity contribution >= 4 is 23.4 Å². The molecule has 0 aliphatic carbocycles. The topological polar surface area (TPSA) is 67.7 Å². The summed E-state index contributed by atoms with van der Waals surface area (Å²) in [6.07, 6.45) is 1.98. The third-order valence-corrected chi connectivity index (χ3v) is 3.90. The molecule has 21 heavy (non-hydrogen) atoms. The summed E-state index contributed by atoms with van der Waals surface area (Å²) in [5, 5.41) is 11.8. The summed E-state index contributed by atoms with van der Waals surface area (Å²) < 4.78 is 1.91. The Morgan fingerprint density at radius 1 is 1.19 bits per heavy atom. The maximum absolute atomic E-state index is 4.49. The molecule has 2 N–H and O–H groups in total. The molecule has 6 nitrogen and oxygen atoms in total. The van der Waals surface area contributed by atoms with Crippen LogP contribution in [0.15, 0.2) is 11.2 Å². The Bertz CT molecular complexity index is 622. The average Bonchev–Trinajstić information content (AvgIpc) is 2.70. The molecule has 2 aromatic rings. The second kappa shape index (κ2) is 6.80. The number of anilines is 2. The third-order valence-electron chi connectivity index (χ3n) is 3.35. The number of rotatable bonds is 6. The lowest BCUT2D eigenvalue weighted by Gasteiger charge is -2.10. The molecular weight excluding hydrogens is 284 g/mol. The van der Waals surface area contributed by atoms with Crippen LogP contribution in [0.5, 0.6) is 0 Å². The van der Waals surface area contributed by atoms with Crippen LogP contribution in [0, 0.1) is 13.8 Å². The van der Waals surface area contributed by atoms with E-state index in [1.54, 1.807) is 0 Å². The van der Waals surface area contributed by atoms with Crippen LogP contribution < -0.4 is 10.6 Å². The first kappa shape index (κ1) is 15.6. The first-order valence-corrected chi connectivity index (χ1v) is 8.17. The Balaban J connectivity index is 2.17. The predicted molar refractivity (Wildman–Crippen MR) is 88.0 cm³/mol. The van der Waals surface area contributed by atoms with E-state index in [0.717, 1.165) is 29.0 Å². The summed E-state index contributed by atoms with van der Waals surface area (Å²) in [7, 11) is 1.96. The zero-order valence-corrected chi connectivity index (χ0v) is 14.0. The van der Waals surface area contributed by atoms with E-state index in [4.69, 9.17) is 0 Å². The van der Waals surface area contributed by atoms with Gasteiger partial charge in [-0.15, -0.1) is 0 Å². The van der Waals surface area contributed by atoms with E-state index in [-0.39, 0.29) is 0 Å². The van der Waals surface area contributed by atoms with Crippen LogP contribution in [-0.4, -0.2) is 32.5 Å². The standard InChI is InChI=1S/C14H22N6S/c1-6-15-12-7-13(18-14(17-12)21-5)16-8-11-9(2)19-20(4)10(11)3/h7H,6,8H2,1-5H3,(H2,15,16,17,18). The fraction of sp³-hybridized carbons (Fsp3) is 0.500. The van der Waals surface area contributed by atoms with Crippen molar-refractivity contribution in [1.29, 1.82) is 0 Å². The van der Waals surface area contributed by atoms with Gasteiger partial charge >= 0.3 is 0 Å². The lowest BCUT2D eigenvalue weighted by atomic mass is 10.2. The molecule has 0 bridgehead atoms. The van der Waals surface area contributed by atoms with Gasteiger partial charge in [0.2, 0.25) is 0 Å². The average molecular weight is 306 g/mol. The highest BCUT2D eigenvalue weighted by atomic mass is 32.2. The second-order valence-electron chi connectivity index (χ2n) is 4.78. The van der Waals surface area contributed by atoms with Gasteiger partial charge in [-0.05, 0) is 27.0 Å². The van der Waals surface area contributed by atoms with Gasteiger partial charge in [-0.2, -0.15) is 5.10 Å². The van der Waals surface area contributed by atoms with Crippen LogP contribution in [0.2, 0.25) is 0 Å². The van der Waals surface area contributed by atoms with E-state index >= 15 is 0 Å². The number of aromatic nitrogens is 4. The van der Waals surface area contributed by atoms with Crippen molar-refractivity contribution in [3.63, 3.8) is 0 Å². The minimum absolute atomic E-state index is 0.710. The zero-order chi connectivity index (χ0) is 15.4. The van der Waals surface area contributed by atoms with Crippen LogP contribution in [-0.2, 0) is 13.6 Å². The van der Waals surface area contributed by atoms with Crippen LogP contribution >= 0.6 is 11.8 Å². The molecule has 114 valence electrons. The van der Waals surface area contributed by atoms with Gasteiger partial charge in [0.05, 0.1) is 5.69 Å². The molecule has 7 heteroatoms. The highest BCUT2D eigenvalue weighted by molar-refractivity contribution is 7.98. The van der Waals surface area contributed by atoms with E-state index in [9.17, 15) is 0 Å². The first-order valence-electron chi connectivity index (χ1n) is 6.95. The lowest BCUT2D eigenvalue weighted by molar-refractivity contribution is 0.730. The predicted octanol–water partition coefficient (Wildman–Crippen LogP) is 2.59. The number of aryl methyl sites for hydroxylation is 2. The van der Waals surface area contributed by atoms with Crippen molar-refractivity contribution in [3.05, 3.63) is 23.0 Å². The molecule has 0 saturated heterocycles. The third kappa shape index (κ3) is 3.66. The van der Waals surface area contributed by atoms with E-state index in [1.807, 2.05) is 31.0 Å². The lowest BCUT2D eigenvalue weighted by Crippen LogP contribution is -2.07. The Kier molecular flexibility index (Phi) is 5.06. The molecule has 0 unspecified atom stereocenters. The first-order chi connectivity index (χ1) is 10.0. The summed E-state index contributed by atoms with van der Waals surface area (Å²) in [5.74, 6) is 1.67. The van der Waals surface area contributed by atoms with Gasteiger partial charge in [-0.1, -0.05) is 11.8 Å². The van der Waals surface area contributed by atoms with Crippen molar-refractivity contribution in [1.82, 2.24) is 19.7 Å². The maximum atomic E-state index is 4.49. The quantitative estimate of drug-likeness (QED) is 0.631. The maximum Gasteiger partial charge on any atom is 0.191 e. The molecular formula is C14H22N6S. The molecule has 2 rings (SSSR count). The van der Waals surface area contributed by atoms with Gasteiger partial charge in [-0.25, -0.2) is 9.97 Å². The number of hydrogen-bond donors (Lipinski definition) is 2. The minimum Gasteiger partial charge on any atom is -0.370 e. The molecule has 0 aliphatic heterocycles. The fourth-order valence-corrected chi connectivity index (χ4v) is 2.51. The van der Waals surface area contributed by atoms with E-state index in [2.05, 4.69) is 39.5 Å². The van der Waals surface area contributed by atoms with Crippen LogP contribution in [0.25, 0.3) is 0 Å². The summed E-state index contributed by atoms with van der Waals surface area (Å²) in [6, 6.07) is 1.93. The highest BCUT2D eigenvalue weighted by Crippen LogP contribution is 2.19. The molecule has 0 saturated carbocycles. The van der Waals surface area contributed by atoms with Gasteiger partial charge in [-0.3, -0.25) is 4.68 Å². The number of hydrogen-bond acceptors (Lipinski definition) is 6. The molecule has 0 atom stereocenters. The monoisotopic (exact) mass is 306 g/mol. The smallest absolute Gasteiger partial charge is 0.191 e. The van der Waals surface area contributed by atoms with E-state index in [1.165, 1.54) is 23.0 Å². The Hall–Kier alpha value is -1.76. The van der Waals surface area contributed by atoms with Gasteiger partial charge < -0.3 is 10.6 Å². The van der Waals surface area contributed by atoms with Crippen molar-refractivity contribution in [3.8, 4) is 0 Å². The fourth-order valence-electron chi connectivity index (χ4n) is 2.13. The number of nitrogens with one attached hydrogen (secondary N) is 2. The molecule has 0 aliphatic rings. The minimum atomic E-state index is 0.710. The summed E-state index contributed by atoms with van der Waals surface area (Å²) in [4.78, 5) is 8.91. The van der Waals surface area contributed by atoms with Crippen molar-refractivity contribution in [2.24, 2.45) is 7.05 Å². The molecule has 0 amide bonds. The van der Waals surface area contributed by atoms with Crippen LogP contribution in [0.4, 0.5) is 11.6 Å². The molecule has 0 fully saturated rings. The van der Waals surface area contributed by atoms with Crippen molar-refractivity contribution in [2.45, 2.75) is 32.5 Å². The van der Waals surface area contributed by atoms with Crippen LogP contribution in [0.3, 0.4) is 0 Å². The van der Waals surface area contributed by atoms with Crippen molar-refractivity contribution < 1.29 is 0 Å². The summed E-state index contributed by atoms with van der Waals surface area (Å²) in [5.41, 5.74) is 3.44. The molecule has 0 radical (unpaired) electrons. The van der Waals surface area contributed by atoms with E-state index in [0.29, 0.717) is 6.54 Å². The highest BCUT2D eigenvalue weighted by Gasteiger charge is 2.10. The molecule has 2 aromatic heterocycles. The van der Waals surface area contributed by atoms with Gasteiger partial charge in [0.1, 0.15) is 11.6 Å².